The Morgan fingerprint density at radius 1 is 1.35 bits per heavy atom. The number of carbonyl (C=O) groups excluding carboxylic acids is 3. The summed E-state index contributed by atoms with van der Waals surface area (Å²) >= 11 is 0. The summed E-state index contributed by atoms with van der Waals surface area (Å²) in [6, 6.07) is 3.68. The Labute approximate surface area is 117 Å². The van der Waals surface area contributed by atoms with Crippen molar-refractivity contribution in [2.45, 2.75) is 32.2 Å². The summed E-state index contributed by atoms with van der Waals surface area (Å²) in [7, 11) is 0. The Balaban J connectivity index is 2.04. The van der Waals surface area contributed by atoms with Gasteiger partial charge in [0.05, 0.1) is 0 Å². The number of aromatic nitrogens is 1. The number of amides is 3. The third-order valence-electron chi connectivity index (χ3n) is 3.46. The van der Waals surface area contributed by atoms with Crippen molar-refractivity contribution in [1.29, 1.82) is 0 Å². The van der Waals surface area contributed by atoms with Gasteiger partial charge in [0.1, 0.15) is 12.1 Å². The van der Waals surface area contributed by atoms with Gasteiger partial charge in [-0.05, 0) is 38.0 Å². The molecule has 1 aliphatic rings. The summed E-state index contributed by atoms with van der Waals surface area (Å²) in [5, 5.41) is 2.25. The van der Waals surface area contributed by atoms with Gasteiger partial charge in [0, 0.05) is 18.8 Å². The molecule has 0 spiro atoms. The lowest BCUT2D eigenvalue weighted by Gasteiger charge is -2.40. The Bertz CT molecular complexity index is 540. The molecule has 0 atom stereocenters. The van der Waals surface area contributed by atoms with E-state index in [0.29, 0.717) is 6.42 Å². The van der Waals surface area contributed by atoms with E-state index in [9.17, 15) is 14.4 Å². The van der Waals surface area contributed by atoms with Crippen LogP contribution in [0.2, 0.25) is 0 Å². The van der Waals surface area contributed by atoms with E-state index in [0.717, 1.165) is 5.56 Å². The van der Waals surface area contributed by atoms with Crippen molar-refractivity contribution in [2.24, 2.45) is 0 Å². The number of hydrogen-bond donors (Lipinski definition) is 1. The molecule has 0 bridgehead atoms. The first-order valence-corrected chi connectivity index (χ1v) is 6.45. The maximum absolute atomic E-state index is 12.3. The van der Waals surface area contributed by atoms with Crippen LogP contribution in [-0.4, -0.2) is 39.7 Å². The molecule has 2 rings (SSSR count). The third kappa shape index (κ3) is 2.84. The van der Waals surface area contributed by atoms with Crippen molar-refractivity contribution < 1.29 is 14.4 Å². The van der Waals surface area contributed by atoms with Crippen molar-refractivity contribution in [3.8, 4) is 0 Å². The fourth-order valence-electron chi connectivity index (χ4n) is 2.12. The van der Waals surface area contributed by atoms with Crippen LogP contribution in [0.3, 0.4) is 0 Å². The molecule has 1 fully saturated rings. The lowest BCUT2D eigenvalue weighted by molar-refractivity contribution is -0.155. The van der Waals surface area contributed by atoms with Crippen LogP contribution in [-0.2, 0) is 20.8 Å². The quantitative estimate of drug-likeness (QED) is 0.803. The summed E-state index contributed by atoms with van der Waals surface area (Å²) in [6.45, 7) is 3.20. The van der Waals surface area contributed by atoms with Crippen molar-refractivity contribution >= 4 is 17.7 Å². The molecule has 1 N–H and O–H groups in total. The molecule has 1 aromatic rings. The Hall–Kier alpha value is -2.24. The molecule has 1 aliphatic heterocycles. The second-order valence-electron chi connectivity index (χ2n) is 5.27. The number of hydrogen-bond acceptors (Lipinski definition) is 4. The Morgan fingerprint density at radius 2 is 2.00 bits per heavy atom. The summed E-state index contributed by atoms with van der Waals surface area (Å²) < 4.78 is 0. The van der Waals surface area contributed by atoms with E-state index in [4.69, 9.17) is 0 Å². The van der Waals surface area contributed by atoms with Gasteiger partial charge in [0.15, 0.2) is 0 Å². The third-order valence-corrected chi connectivity index (χ3v) is 3.46. The van der Waals surface area contributed by atoms with Crippen molar-refractivity contribution in [1.82, 2.24) is 15.2 Å². The molecule has 20 heavy (non-hydrogen) atoms. The molecule has 0 aromatic carbocycles. The average molecular weight is 275 g/mol. The van der Waals surface area contributed by atoms with Crippen molar-refractivity contribution in [3.63, 3.8) is 0 Å². The number of pyridine rings is 1. The number of nitrogens with zero attached hydrogens (tertiary/aromatic N) is 2. The lowest BCUT2D eigenvalue weighted by Crippen LogP contribution is -2.65. The summed E-state index contributed by atoms with van der Waals surface area (Å²) in [5.41, 5.74) is 0.00223. The molecule has 0 radical (unpaired) electrons. The second kappa shape index (κ2) is 5.40. The zero-order chi connectivity index (χ0) is 14.8. The van der Waals surface area contributed by atoms with Gasteiger partial charge in [-0.3, -0.25) is 24.7 Å². The van der Waals surface area contributed by atoms with Gasteiger partial charge >= 0.3 is 0 Å². The van der Waals surface area contributed by atoms with Gasteiger partial charge in [0.2, 0.25) is 11.8 Å². The first-order chi connectivity index (χ1) is 9.41. The zero-order valence-corrected chi connectivity index (χ0v) is 11.5. The van der Waals surface area contributed by atoms with E-state index >= 15 is 0 Å². The molecule has 2 heterocycles. The smallest absolute Gasteiger partial charge is 0.252 e. The van der Waals surface area contributed by atoms with Crippen LogP contribution in [0.4, 0.5) is 0 Å². The van der Waals surface area contributed by atoms with E-state index < -0.39 is 17.4 Å². The second-order valence-corrected chi connectivity index (χ2v) is 5.27. The number of nitrogens with one attached hydrogen (secondary N) is 1. The molecule has 0 saturated carbocycles. The van der Waals surface area contributed by atoms with E-state index in [1.54, 1.807) is 26.2 Å². The number of rotatable bonds is 3. The largest absolute Gasteiger partial charge is 0.319 e. The normalized spacial score (nSPS) is 17.8. The summed E-state index contributed by atoms with van der Waals surface area (Å²) in [6.07, 6.45) is 4.15. The highest BCUT2D eigenvalue weighted by molar-refractivity contribution is 6.06. The summed E-state index contributed by atoms with van der Waals surface area (Å²) in [4.78, 5) is 40.7. The van der Waals surface area contributed by atoms with Gasteiger partial charge in [-0.15, -0.1) is 0 Å². The van der Waals surface area contributed by atoms with E-state index in [1.807, 2.05) is 12.1 Å². The van der Waals surface area contributed by atoms with Gasteiger partial charge in [-0.2, -0.15) is 0 Å². The zero-order valence-electron chi connectivity index (χ0n) is 11.5. The molecule has 1 aromatic heterocycles. The number of carbonyl (C=O) groups is 3. The van der Waals surface area contributed by atoms with Gasteiger partial charge in [-0.1, -0.05) is 0 Å². The lowest BCUT2D eigenvalue weighted by atomic mass is 9.97. The van der Waals surface area contributed by atoms with Crippen molar-refractivity contribution in [2.75, 3.05) is 6.54 Å². The van der Waals surface area contributed by atoms with Crippen LogP contribution in [0.1, 0.15) is 25.8 Å². The highest BCUT2D eigenvalue weighted by atomic mass is 16.2. The van der Waals surface area contributed by atoms with Gasteiger partial charge in [0.25, 0.3) is 5.91 Å². The molecule has 6 heteroatoms. The van der Waals surface area contributed by atoms with Crippen LogP contribution in [0.15, 0.2) is 24.5 Å². The van der Waals surface area contributed by atoms with Gasteiger partial charge < -0.3 is 4.90 Å². The first kappa shape index (κ1) is 14.2. The minimum absolute atomic E-state index is 0.0755. The highest BCUT2D eigenvalue weighted by Crippen LogP contribution is 2.19. The predicted octanol–water partition coefficient (Wildman–Crippen LogP) is 0.278. The monoisotopic (exact) mass is 275 g/mol. The standard InChI is InChI=1S/C14H17N3O3/c1-14(2)13(20)16-11(18)9-17(14)12(19)4-3-10-5-7-15-8-6-10/h5-8H,3-4,9H2,1-2H3,(H,16,18,20). The number of piperazine rings is 1. The van der Waals surface area contributed by atoms with Crippen LogP contribution >= 0.6 is 0 Å². The highest BCUT2D eigenvalue weighted by Gasteiger charge is 2.43. The molecular formula is C14H17N3O3. The van der Waals surface area contributed by atoms with Crippen LogP contribution in [0, 0.1) is 0 Å². The van der Waals surface area contributed by atoms with E-state index in [2.05, 4.69) is 10.3 Å². The molecule has 6 nitrogen and oxygen atoms in total. The summed E-state index contributed by atoms with van der Waals surface area (Å²) in [5.74, 6) is -1.08. The van der Waals surface area contributed by atoms with E-state index in [-0.39, 0.29) is 18.9 Å². The van der Waals surface area contributed by atoms with Crippen LogP contribution in [0.25, 0.3) is 0 Å². The fourth-order valence-corrected chi connectivity index (χ4v) is 2.12. The van der Waals surface area contributed by atoms with Gasteiger partial charge in [-0.25, -0.2) is 0 Å². The van der Waals surface area contributed by atoms with Crippen LogP contribution < -0.4 is 5.32 Å². The Kier molecular flexibility index (Phi) is 3.83. The maximum atomic E-state index is 12.3. The predicted molar refractivity (Wildman–Crippen MR) is 71.5 cm³/mol. The minimum Gasteiger partial charge on any atom is -0.319 e. The SMILES string of the molecule is CC1(C)C(=O)NC(=O)CN1C(=O)CCc1ccncc1. The molecule has 0 aliphatic carbocycles. The fraction of sp³-hybridized carbons (Fsp3) is 0.429. The topological polar surface area (TPSA) is 79.4 Å². The maximum Gasteiger partial charge on any atom is 0.252 e. The van der Waals surface area contributed by atoms with Crippen LogP contribution in [0.5, 0.6) is 0 Å². The van der Waals surface area contributed by atoms with Crippen molar-refractivity contribution in [3.05, 3.63) is 30.1 Å². The molecular weight excluding hydrogens is 258 g/mol. The number of imide groups is 1. The number of aryl methyl sites for hydroxylation is 1. The molecule has 106 valence electrons. The molecule has 0 unspecified atom stereocenters. The average Bonchev–Trinajstić information content (AvgIpc) is 2.41. The Morgan fingerprint density at radius 3 is 2.65 bits per heavy atom. The molecule has 3 amide bonds. The molecule has 1 saturated heterocycles. The minimum atomic E-state index is -0.997. The first-order valence-electron chi connectivity index (χ1n) is 6.45. The van der Waals surface area contributed by atoms with E-state index in [1.165, 1.54) is 4.90 Å².